The molecule has 2 aromatic carbocycles. The number of hydrazine groups is 1. The standard InChI is InChI=1S/C17H15F4N3O4S2/c18-13-6-1-2-7-14(13)29-9-15(25)23-24-16(26)11-4-3-5-12(8-11)30(27,28)22-10-17(19,20)21/h1-8,22H,9-10H2,(H,23,25)(H,24,26). The van der Waals surface area contributed by atoms with Gasteiger partial charge in [-0.25, -0.2) is 17.5 Å². The summed E-state index contributed by atoms with van der Waals surface area (Å²) in [6.45, 7) is -1.76. The van der Waals surface area contributed by atoms with Crippen LogP contribution >= 0.6 is 11.8 Å². The largest absolute Gasteiger partial charge is 0.402 e. The average molecular weight is 465 g/mol. The van der Waals surface area contributed by atoms with Crippen LogP contribution in [0, 0.1) is 5.82 Å². The van der Waals surface area contributed by atoms with Crippen molar-refractivity contribution in [2.24, 2.45) is 0 Å². The van der Waals surface area contributed by atoms with Gasteiger partial charge in [0.05, 0.1) is 10.6 Å². The average Bonchev–Trinajstić information content (AvgIpc) is 2.69. The zero-order chi connectivity index (χ0) is 22.4. The van der Waals surface area contributed by atoms with E-state index in [1.54, 1.807) is 6.07 Å². The quantitative estimate of drug-likeness (QED) is 0.331. The number of hydrogen-bond acceptors (Lipinski definition) is 5. The van der Waals surface area contributed by atoms with Crippen LogP contribution in [-0.2, 0) is 14.8 Å². The van der Waals surface area contributed by atoms with Gasteiger partial charge in [0.1, 0.15) is 12.4 Å². The lowest BCUT2D eigenvalue weighted by Crippen LogP contribution is -2.42. The first-order chi connectivity index (χ1) is 14.0. The van der Waals surface area contributed by atoms with Gasteiger partial charge in [0, 0.05) is 10.5 Å². The van der Waals surface area contributed by atoms with Crippen molar-refractivity contribution in [1.82, 2.24) is 15.6 Å². The summed E-state index contributed by atoms with van der Waals surface area (Å²) < 4.78 is 75.4. The highest BCUT2D eigenvalue weighted by Crippen LogP contribution is 2.20. The highest BCUT2D eigenvalue weighted by molar-refractivity contribution is 8.00. The molecule has 0 saturated heterocycles. The van der Waals surface area contributed by atoms with E-state index < -0.39 is 45.3 Å². The Hall–Kier alpha value is -2.64. The lowest BCUT2D eigenvalue weighted by atomic mass is 10.2. The van der Waals surface area contributed by atoms with E-state index in [0.717, 1.165) is 30.0 Å². The number of thioether (sulfide) groups is 1. The Morgan fingerprint density at radius 1 is 1.00 bits per heavy atom. The number of amides is 2. The Morgan fingerprint density at radius 3 is 2.37 bits per heavy atom. The molecule has 0 radical (unpaired) electrons. The van der Waals surface area contributed by atoms with Gasteiger partial charge in [0.2, 0.25) is 15.9 Å². The summed E-state index contributed by atoms with van der Waals surface area (Å²) in [5.74, 6) is -2.27. The van der Waals surface area contributed by atoms with E-state index in [1.807, 2.05) is 5.43 Å². The summed E-state index contributed by atoms with van der Waals surface area (Å²) in [6, 6.07) is 10.0. The molecule has 2 aromatic rings. The Kier molecular flexibility index (Phi) is 7.81. The zero-order valence-electron chi connectivity index (χ0n) is 15.0. The number of hydrogen-bond donors (Lipinski definition) is 3. The van der Waals surface area contributed by atoms with E-state index in [4.69, 9.17) is 0 Å². The molecule has 0 aliphatic rings. The maximum Gasteiger partial charge on any atom is 0.402 e. The molecule has 0 bridgehead atoms. The van der Waals surface area contributed by atoms with Crippen molar-refractivity contribution < 1.29 is 35.6 Å². The van der Waals surface area contributed by atoms with E-state index in [2.05, 4.69) is 5.43 Å². The number of benzene rings is 2. The molecule has 3 N–H and O–H groups in total. The predicted molar refractivity (Wildman–Crippen MR) is 100 cm³/mol. The number of rotatable bonds is 7. The van der Waals surface area contributed by atoms with Crippen molar-refractivity contribution in [2.45, 2.75) is 16.0 Å². The van der Waals surface area contributed by atoms with Crippen LogP contribution in [0.15, 0.2) is 58.3 Å². The predicted octanol–water partition coefficient (Wildman–Crippen LogP) is 2.22. The number of carbonyl (C=O) groups excluding carboxylic acids is 2. The summed E-state index contributed by atoms with van der Waals surface area (Å²) in [4.78, 5) is 23.6. The molecule has 0 atom stereocenters. The summed E-state index contributed by atoms with van der Waals surface area (Å²) in [6.07, 6.45) is -4.74. The fraction of sp³-hybridized carbons (Fsp3) is 0.176. The summed E-state index contributed by atoms with van der Waals surface area (Å²) in [5, 5.41) is 0. The van der Waals surface area contributed by atoms with Crippen LogP contribution in [-0.4, -0.2) is 38.7 Å². The molecule has 0 aromatic heterocycles. The van der Waals surface area contributed by atoms with Gasteiger partial charge in [-0.1, -0.05) is 18.2 Å². The molecule has 0 fully saturated rings. The maximum absolute atomic E-state index is 13.5. The smallest absolute Gasteiger partial charge is 0.272 e. The van der Waals surface area contributed by atoms with Crippen LogP contribution in [0.4, 0.5) is 17.6 Å². The number of halogens is 4. The molecule has 2 rings (SSSR count). The van der Waals surface area contributed by atoms with E-state index in [1.165, 1.54) is 29.0 Å². The van der Waals surface area contributed by atoms with Gasteiger partial charge in [-0.2, -0.15) is 13.2 Å². The van der Waals surface area contributed by atoms with E-state index in [-0.39, 0.29) is 16.2 Å². The molecule has 0 saturated carbocycles. The van der Waals surface area contributed by atoms with Gasteiger partial charge in [-0.3, -0.25) is 20.4 Å². The van der Waals surface area contributed by atoms with Gasteiger partial charge in [0.25, 0.3) is 5.91 Å². The molecule has 162 valence electrons. The second kappa shape index (κ2) is 9.91. The first-order valence-electron chi connectivity index (χ1n) is 8.11. The van der Waals surface area contributed by atoms with Crippen molar-refractivity contribution in [3.8, 4) is 0 Å². The lowest BCUT2D eigenvalue weighted by molar-refractivity contribution is -0.121. The third-order valence-electron chi connectivity index (χ3n) is 3.38. The van der Waals surface area contributed by atoms with E-state index in [9.17, 15) is 35.6 Å². The van der Waals surface area contributed by atoms with Crippen LogP contribution in [0.3, 0.4) is 0 Å². The molecule has 0 aliphatic heterocycles. The summed E-state index contributed by atoms with van der Waals surface area (Å²) >= 11 is 0.898. The van der Waals surface area contributed by atoms with Gasteiger partial charge < -0.3 is 0 Å². The molecule has 13 heteroatoms. The molecule has 0 heterocycles. The van der Waals surface area contributed by atoms with E-state index in [0.29, 0.717) is 0 Å². The molecule has 2 amide bonds. The highest BCUT2D eigenvalue weighted by Gasteiger charge is 2.30. The molecule has 0 spiro atoms. The summed E-state index contributed by atoms with van der Waals surface area (Å²) in [5.41, 5.74) is 3.91. The Bertz CT molecular complexity index is 1030. The van der Waals surface area contributed by atoms with Crippen LogP contribution in [0.1, 0.15) is 10.4 Å². The maximum atomic E-state index is 13.5. The molecular formula is C17H15F4N3O4S2. The first-order valence-corrected chi connectivity index (χ1v) is 10.6. The fourth-order valence-electron chi connectivity index (χ4n) is 2.00. The number of nitrogens with one attached hydrogen (secondary N) is 3. The molecule has 0 unspecified atom stereocenters. The number of carbonyl (C=O) groups is 2. The van der Waals surface area contributed by atoms with Crippen LogP contribution < -0.4 is 15.6 Å². The minimum Gasteiger partial charge on any atom is -0.272 e. The normalized spacial score (nSPS) is 11.7. The third-order valence-corrected chi connectivity index (χ3v) is 5.83. The number of sulfonamides is 1. The summed E-state index contributed by atoms with van der Waals surface area (Å²) in [7, 11) is -4.50. The van der Waals surface area contributed by atoms with Crippen molar-refractivity contribution in [1.29, 1.82) is 0 Å². The highest BCUT2D eigenvalue weighted by atomic mass is 32.2. The molecule has 0 aliphatic carbocycles. The first kappa shape index (κ1) is 23.6. The molecular weight excluding hydrogens is 450 g/mol. The van der Waals surface area contributed by atoms with Crippen molar-refractivity contribution in [2.75, 3.05) is 12.3 Å². The Morgan fingerprint density at radius 2 is 1.70 bits per heavy atom. The SMILES string of the molecule is O=C(CSc1ccccc1F)NNC(=O)c1cccc(S(=O)(=O)NCC(F)(F)F)c1. The van der Waals surface area contributed by atoms with Crippen molar-refractivity contribution in [3.05, 3.63) is 59.9 Å². The minimum atomic E-state index is -4.74. The van der Waals surface area contributed by atoms with Crippen LogP contribution in [0.25, 0.3) is 0 Å². The van der Waals surface area contributed by atoms with Gasteiger partial charge >= 0.3 is 6.18 Å². The fourth-order valence-corrected chi connectivity index (χ4v) is 3.80. The van der Waals surface area contributed by atoms with Crippen LogP contribution in [0.2, 0.25) is 0 Å². The Labute approximate surface area is 173 Å². The van der Waals surface area contributed by atoms with Gasteiger partial charge in [-0.05, 0) is 30.3 Å². The van der Waals surface area contributed by atoms with Gasteiger partial charge in [0.15, 0.2) is 0 Å². The van der Waals surface area contributed by atoms with Gasteiger partial charge in [-0.15, -0.1) is 11.8 Å². The molecule has 30 heavy (non-hydrogen) atoms. The number of alkyl halides is 3. The second-order valence-corrected chi connectivity index (χ2v) is 8.47. The van der Waals surface area contributed by atoms with E-state index >= 15 is 0 Å². The topological polar surface area (TPSA) is 104 Å². The third kappa shape index (κ3) is 7.31. The van der Waals surface area contributed by atoms with Crippen LogP contribution in [0.5, 0.6) is 0 Å². The minimum absolute atomic E-state index is 0.211. The second-order valence-electron chi connectivity index (χ2n) is 5.69. The zero-order valence-corrected chi connectivity index (χ0v) is 16.6. The monoisotopic (exact) mass is 465 g/mol. The molecule has 7 nitrogen and oxygen atoms in total. The van der Waals surface area contributed by atoms with Crippen molar-refractivity contribution in [3.63, 3.8) is 0 Å². The Balaban J connectivity index is 1.93. The van der Waals surface area contributed by atoms with Crippen molar-refractivity contribution >= 4 is 33.6 Å². The lowest BCUT2D eigenvalue weighted by Gasteiger charge is -2.11.